The normalized spacial score (nSPS) is 40.3. The molecule has 2 rings (SSSR count). The van der Waals surface area contributed by atoms with Crippen molar-refractivity contribution < 1.29 is 0 Å². The highest BCUT2D eigenvalue weighted by atomic mass is 31.2. The molecule has 0 N–H and O–H groups in total. The molecule has 2 aliphatic heterocycles. The largest absolute Gasteiger partial charge is 0.280 e. The van der Waals surface area contributed by atoms with Crippen LogP contribution in [0.1, 0.15) is 26.7 Å². The summed E-state index contributed by atoms with van der Waals surface area (Å²) in [6.45, 7) is 6.96. The van der Waals surface area contributed by atoms with Crippen molar-refractivity contribution in [2.24, 2.45) is 9.03 Å². The first-order valence-corrected chi connectivity index (χ1v) is 7.38. The third-order valence-corrected chi connectivity index (χ3v) is 5.83. The van der Waals surface area contributed by atoms with Gasteiger partial charge in [0.2, 0.25) is 0 Å². The van der Waals surface area contributed by atoms with Gasteiger partial charge in [0.25, 0.3) is 0 Å². The molecule has 78 valence electrons. The van der Waals surface area contributed by atoms with E-state index in [1.165, 1.54) is 25.9 Å². The molecular weight excluding hydrogens is 233 g/mol. The Morgan fingerprint density at radius 3 is 3.07 bits per heavy atom. The van der Waals surface area contributed by atoms with Crippen LogP contribution in [-0.2, 0) is 0 Å². The zero-order chi connectivity index (χ0) is 10.0. The summed E-state index contributed by atoms with van der Waals surface area (Å²) in [7, 11) is 2.62. The maximum absolute atomic E-state index is 4.31. The monoisotopic (exact) mass is 248 g/mol. The molecule has 1 fully saturated rings. The van der Waals surface area contributed by atoms with Crippen molar-refractivity contribution in [2.45, 2.75) is 32.4 Å². The smallest absolute Gasteiger partial charge is 0.159 e. The average Bonchev–Trinajstić information content (AvgIpc) is 2.90. The molecule has 0 saturated carbocycles. The van der Waals surface area contributed by atoms with Crippen molar-refractivity contribution in [3.8, 4) is 0 Å². The number of hydrogen-bond donors (Lipinski definition) is 0. The van der Waals surface area contributed by atoms with Gasteiger partial charge in [-0.2, -0.15) is 8.96 Å². The van der Waals surface area contributed by atoms with E-state index < -0.39 is 0 Å². The lowest BCUT2D eigenvalue weighted by atomic mass is 10.3. The zero-order valence-electron chi connectivity index (χ0n) is 8.51. The van der Waals surface area contributed by atoms with E-state index in [1.807, 2.05) is 0 Å². The highest BCUT2D eigenvalue weighted by molar-refractivity contribution is 7.55. The van der Waals surface area contributed by atoms with E-state index in [-0.39, 0.29) is 5.66 Å². The maximum Gasteiger partial charge on any atom is 0.159 e. The first-order valence-electron chi connectivity index (χ1n) is 4.89. The van der Waals surface area contributed by atoms with Crippen molar-refractivity contribution in [3.63, 3.8) is 0 Å². The van der Waals surface area contributed by atoms with E-state index in [1.54, 1.807) is 0 Å². The second kappa shape index (κ2) is 4.60. The summed E-state index contributed by atoms with van der Waals surface area (Å²) in [5, 5.41) is 0. The van der Waals surface area contributed by atoms with Crippen molar-refractivity contribution >= 4 is 25.9 Å². The first kappa shape index (κ1) is 11.0. The lowest BCUT2D eigenvalue weighted by Crippen LogP contribution is -2.26. The van der Waals surface area contributed by atoms with Gasteiger partial charge in [-0.05, 0) is 13.3 Å². The molecule has 4 nitrogen and oxygen atoms in total. The van der Waals surface area contributed by atoms with Gasteiger partial charge in [0.05, 0.1) is 14.5 Å². The molecule has 3 unspecified atom stereocenters. The molecule has 0 amide bonds. The molecule has 2 heterocycles. The summed E-state index contributed by atoms with van der Waals surface area (Å²) in [6.07, 6.45) is 2.58. The summed E-state index contributed by atoms with van der Waals surface area (Å²) in [6, 6.07) is 0. The van der Waals surface area contributed by atoms with E-state index in [9.17, 15) is 0 Å². The molecule has 0 bridgehead atoms. The van der Waals surface area contributed by atoms with Crippen molar-refractivity contribution in [1.29, 1.82) is 0 Å². The van der Waals surface area contributed by atoms with E-state index in [0.29, 0.717) is 8.88 Å². The second-order valence-corrected chi connectivity index (χ2v) is 7.07. The number of unbranched alkanes of at least 4 members (excludes halogenated alkanes) is 1. The molecule has 2 aliphatic rings. The van der Waals surface area contributed by atoms with Gasteiger partial charge >= 0.3 is 0 Å². The third kappa shape index (κ3) is 2.21. The van der Waals surface area contributed by atoms with Crippen LogP contribution in [-0.4, -0.2) is 28.1 Å². The van der Waals surface area contributed by atoms with Crippen LogP contribution < -0.4 is 0 Å². The minimum absolute atomic E-state index is 0.262. The van der Waals surface area contributed by atoms with Gasteiger partial charge in [-0.1, -0.05) is 13.3 Å². The van der Waals surface area contributed by atoms with Gasteiger partial charge in [-0.15, -0.1) is 0 Å². The van der Waals surface area contributed by atoms with Gasteiger partial charge in [0.1, 0.15) is 8.52 Å². The summed E-state index contributed by atoms with van der Waals surface area (Å²) < 4.78 is 10.9. The standard InChI is InChI=1S/C7H15N4P3/c1-3-4-5-10-6-7(10,2)11-13-8-12-9-14-11/h13H,3-6H2,1-2H3. The van der Waals surface area contributed by atoms with Gasteiger partial charge in [0, 0.05) is 13.1 Å². The molecule has 0 aromatic rings. The van der Waals surface area contributed by atoms with Crippen LogP contribution in [0, 0.1) is 0 Å². The van der Waals surface area contributed by atoms with E-state index in [0.717, 1.165) is 17.0 Å². The molecule has 7 heteroatoms. The van der Waals surface area contributed by atoms with Crippen molar-refractivity contribution in [3.05, 3.63) is 0 Å². The molecule has 0 radical (unpaired) electrons. The van der Waals surface area contributed by atoms with E-state index in [4.69, 9.17) is 0 Å². The van der Waals surface area contributed by atoms with Crippen LogP contribution in [0.15, 0.2) is 9.03 Å². The quantitative estimate of drug-likeness (QED) is 0.560. The van der Waals surface area contributed by atoms with Crippen LogP contribution in [0.4, 0.5) is 0 Å². The fraction of sp³-hybridized carbons (Fsp3) is 1.00. The fourth-order valence-electron chi connectivity index (χ4n) is 1.56. The van der Waals surface area contributed by atoms with Gasteiger partial charge in [-0.25, -0.2) is 4.52 Å². The Labute approximate surface area is 90.2 Å². The Morgan fingerprint density at radius 2 is 2.43 bits per heavy atom. The molecule has 0 aliphatic carbocycles. The first-order chi connectivity index (χ1) is 6.77. The lowest BCUT2D eigenvalue weighted by Gasteiger charge is -2.22. The maximum atomic E-state index is 4.31. The molecule has 0 aromatic carbocycles. The van der Waals surface area contributed by atoms with Crippen molar-refractivity contribution in [2.75, 3.05) is 13.1 Å². The molecule has 0 spiro atoms. The van der Waals surface area contributed by atoms with Crippen LogP contribution in [0.2, 0.25) is 0 Å². The molecule has 0 aromatic heterocycles. The summed E-state index contributed by atoms with van der Waals surface area (Å²) in [4.78, 5) is 2.52. The van der Waals surface area contributed by atoms with E-state index >= 15 is 0 Å². The summed E-state index contributed by atoms with van der Waals surface area (Å²) in [5.74, 6) is 0. The van der Waals surface area contributed by atoms with Crippen molar-refractivity contribution in [1.82, 2.24) is 9.34 Å². The summed E-state index contributed by atoms with van der Waals surface area (Å²) >= 11 is 0. The van der Waals surface area contributed by atoms with Gasteiger partial charge < -0.3 is 0 Å². The third-order valence-electron chi connectivity index (χ3n) is 2.66. The summed E-state index contributed by atoms with van der Waals surface area (Å²) in [5.41, 5.74) is 0.262. The topological polar surface area (TPSA) is 31.0 Å². The Morgan fingerprint density at radius 1 is 1.57 bits per heavy atom. The molecule has 14 heavy (non-hydrogen) atoms. The SMILES string of the molecule is CCCCN1CC1(C)N1P=NP=NP1. The number of nitrogens with zero attached hydrogens (tertiary/aromatic N) is 4. The predicted molar refractivity (Wildman–Crippen MR) is 63.7 cm³/mol. The van der Waals surface area contributed by atoms with Crippen LogP contribution in [0.5, 0.6) is 0 Å². The molecular formula is C7H15N4P3. The average molecular weight is 248 g/mol. The van der Waals surface area contributed by atoms with E-state index in [2.05, 4.69) is 32.2 Å². The number of rotatable bonds is 4. The fourth-order valence-corrected chi connectivity index (χ4v) is 4.73. The Hall–Kier alpha value is 0.550. The number of hydrogen-bond acceptors (Lipinski definition) is 4. The zero-order valence-corrected chi connectivity index (χ0v) is 11.3. The molecule has 1 saturated heterocycles. The van der Waals surface area contributed by atoms with Gasteiger partial charge in [0.15, 0.2) is 8.52 Å². The van der Waals surface area contributed by atoms with Gasteiger partial charge in [-0.3, -0.25) is 4.90 Å². The predicted octanol–water partition coefficient (Wildman–Crippen LogP) is 3.73. The van der Waals surface area contributed by atoms with Crippen LogP contribution in [0.25, 0.3) is 0 Å². The highest BCUT2D eigenvalue weighted by Gasteiger charge is 2.52. The molecule has 3 atom stereocenters. The minimum Gasteiger partial charge on any atom is -0.280 e. The minimum atomic E-state index is 0.262. The van der Waals surface area contributed by atoms with Crippen LogP contribution >= 0.6 is 25.9 Å². The van der Waals surface area contributed by atoms with Crippen LogP contribution in [0.3, 0.4) is 0 Å². The lowest BCUT2D eigenvalue weighted by molar-refractivity contribution is 0.343. The Balaban J connectivity index is 1.87. The highest BCUT2D eigenvalue weighted by Crippen LogP contribution is 2.51. The Bertz CT molecular complexity index is 270. The Kier molecular flexibility index (Phi) is 3.63. The second-order valence-electron chi connectivity index (χ2n) is 3.77.